The Hall–Kier alpha value is -6.65. The molecular weight excluding hydrogens is 938 g/mol. The second-order valence-electron chi connectivity index (χ2n) is 20.2. The van der Waals surface area contributed by atoms with Crippen LogP contribution in [0.3, 0.4) is 0 Å². The number of nitrogens with zero attached hydrogens (tertiary/aromatic N) is 10. The zero-order chi connectivity index (χ0) is 50.4. The second-order valence-corrected chi connectivity index (χ2v) is 20.6. The molecule has 19 heteroatoms. The third kappa shape index (κ3) is 9.46. The van der Waals surface area contributed by atoms with E-state index < -0.39 is 17.7 Å². The minimum Gasteiger partial charge on any atom is -0.458 e. The van der Waals surface area contributed by atoms with E-state index in [9.17, 15) is 29.5 Å². The maximum atomic E-state index is 13.8. The van der Waals surface area contributed by atoms with Crippen LogP contribution in [0.4, 0.5) is 16.3 Å². The number of piperazine rings is 1. The highest BCUT2D eigenvalue weighted by Gasteiger charge is 2.45. The number of hydrogen-bond donors (Lipinski definition) is 2. The predicted octanol–water partition coefficient (Wildman–Crippen LogP) is 5.67. The van der Waals surface area contributed by atoms with Gasteiger partial charge in [-0.25, -0.2) is 14.6 Å². The van der Waals surface area contributed by atoms with E-state index in [1.165, 1.54) is 0 Å². The van der Waals surface area contributed by atoms with Crippen molar-refractivity contribution in [1.29, 1.82) is 5.26 Å². The fraction of sp³-hybridized carbons (Fsp3) is 0.472. The van der Waals surface area contributed by atoms with Gasteiger partial charge in [0.05, 0.1) is 39.6 Å². The Morgan fingerprint density at radius 2 is 1.72 bits per heavy atom. The maximum absolute atomic E-state index is 13.8. The van der Waals surface area contributed by atoms with Gasteiger partial charge in [-0.1, -0.05) is 18.5 Å². The molecule has 0 bridgehead atoms. The normalized spacial score (nSPS) is 21.2. The van der Waals surface area contributed by atoms with E-state index >= 15 is 0 Å². The van der Waals surface area contributed by atoms with Crippen LogP contribution in [0.25, 0.3) is 22.3 Å². The molecule has 5 aromatic rings. The Morgan fingerprint density at radius 3 is 2.40 bits per heavy atom. The highest BCUT2D eigenvalue weighted by molar-refractivity contribution is 6.32. The molecule has 2 N–H and O–H groups in total. The third-order valence-corrected chi connectivity index (χ3v) is 15.8. The van der Waals surface area contributed by atoms with E-state index in [4.69, 9.17) is 26.1 Å². The Kier molecular flexibility index (Phi) is 13.7. The van der Waals surface area contributed by atoms with E-state index in [-0.39, 0.29) is 48.2 Å². The first-order chi connectivity index (χ1) is 34.7. The van der Waals surface area contributed by atoms with Crippen LogP contribution in [0.2, 0.25) is 5.02 Å². The average Bonchev–Trinajstić information content (AvgIpc) is 3.75. The number of carbonyl (C=O) groups excluding carboxylic acids is 3. The zero-order valence-corrected chi connectivity index (χ0v) is 42.0. The number of cyclic esters (lactones) is 1. The zero-order valence-electron chi connectivity index (χ0n) is 41.2. The molecule has 2 aromatic carbocycles. The van der Waals surface area contributed by atoms with Crippen molar-refractivity contribution in [1.82, 2.24) is 39.8 Å². The fourth-order valence-electron chi connectivity index (χ4n) is 11.2. The number of halogens is 1. The molecule has 1 saturated carbocycles. The van der Waals surface area contributed by atoms with Crippen molar-refractivity contribution in [2.45, 2.75) is 89.3 Å². The van der Waals surface area contributed by atoms with E-state index in [2.05, 4.69) is 36.3 Å². The third-order valence-electron chi connectivity index (χ3n) is 15.5. The van der Waals surface area contributed by atoms with Crippen molar-refractivity contribution in [2.75, 3.05) is 76.8 Å². The number of aliphatic hydroxyl groups is 1. The quantitative estimate of drug-likeness (QED) is 0.150. The van der Waals surface area contributed by atoms with Crippen LogP contribution in [-0.2, 0) is 34.8 Å². The number of nitriles is 1. The van der Waals surface area contributed by atoms with Crippen LogP contribution in [0.5, 0.6) is 5.75 Å². The molecule has 1 atom stereocenters. The van der Waals surface area contributed by atoms with Crippen LogP contribution >= 0.6 is 11.6 Å². The standard InChI is InChI=1S/C53H60ClN11O7/c1-5-53(70)41-26-45-48-34(29-65(45)50(67)40(41)31-71-51(53)68)24-38-39(30-60(2)3)46(14-12-43(38)57-48)72-52(69)64-22-20-62(21-23-64)28-32-16-18-63(19-17-32)47-15-13-44(58-59-47)49(66)56-35-7-10-36(11-8-35)61(4)37-9-6-33(27-55)42(54)25-37/h6,9,12-15,24-26,32,35-36,70H,5,7-8,10-11,16-23,28-31H2,1-4H3,(H,56,66)/t35-,36-,53-/m0/s1. The molecule has 10 rings (SSSR count). The van der Waals surface area contributed by atoms with Crippen molar-refractivity contribution < 1.29 is 29.0 Å². The van der Waals surface area contributed by atoms with Gasteiger partial charge < -0.3 is 44.1 Å². The molecule has 0 spiro atoms. The smallest absolute Gasteiger partial charge is 0.415 e. The van der Waals surface area contributed by atoms with Crippen LogP contribution < -0.4 is 25.4 Å². The first-order valence-electron chi connectivity index (χ1n) is 25.0. The molecule has 18 nitrogen and oxygen atoms in total. The molecule has 5 aliphatic rings. The van der Waals surface area contributed by atoms with Crippen LogP contribution in [0.15, 0.2) is 59.4 Å². The number of fused-ring (bicyclic) bond motifs is 5. The number of piperidine rings is 1. The first kappa shape index (κ1) is 49.0. The average molecular weight is 999 g/mol. The summed E-state index contributed by atoms with van der Waals surface area (Å²) in [6, 6.07) is 19.0. The summed E-state index contributed by atoms with van der Waals surface area (Å²) in [6.07, 6.45) is 5.20. The topological polar surface area (TPSA) is 203 Å². The Bertz CT molecular complexity index is 3030. The first-order valence-corrected chi connectivity index (χ1v) is 25.4. The van der Waals surface area contributed by atoms with Gasteiger partial charge in [-0.2, -0.15) is 5.26 Å². The largest absolute Gasteiger partial charge is 0.458 e. The highest BCUT2D eigenvalue weighted by atomic mass is 35.5. The number of rotatable bonds is 11. The lowest BCUT2D eigenvalue weighted by Gasteiger charge is -2.38. The number of benzene rings is 2. The number of nitrogens with one attached hydrogen (secondary N) is 1. The Balaban J connectivity index is 0.695. The van der Waals surface area contributed by atoms with Gasteiger partial charge in [0.25, 0.3) is 11.5 Å². The molecule has 2 amide bonds. The number of hydrogen-bond acceptors (Lipinski definition) is 15. The number of ether oxygens (including phenoxy) is 2. The molecule has 3 aromatic heterocycles. The number of amides is 2. The van der Waals surface area contributed by atoms with E-state index in [1.807, 2.05) is 56.4 Å². The van der Waals surface area contributed by atoms with E-state index in [0.29, 0.717) is 70.5 Å². The summed E-state index contributed by atoms with van der Waals surface area (Å²) in [5.41, 5.74) is 3.50. The number of esters is 1. The summed E-state index contributed by atoms with van der Waals surface area (Å²) < 4.78 is 13.0. The minimum atomic E-state index is -1.91. The Morgan fingerprint density at radius 1 is 0.958 bits per heavy atom. The number of anilines is 2. The van der Waals surface area contributed by atoms with Crippen molar-refractivity contribution in [2.24, 2.45) is 5.92 Å². The van der Waals surface area contributed by atoms with Crippen molar-refractivity contribution >= 4 is 52.0 Å². The van der Waals surface area contributed by atoms with Gasteiger partial charge in [-0.3, -0.25) is 14.5 Å². The van der Waals surface area contributed by atoms with E-state index in [0.717, 1.165) is 99.3 Å². The summed E-state index contributed by atoms with van der Waals surface area (Å²) in [4.78, 5) is 69.0. The van der Waals surface area contributed by atoms with Crippen LogP contribution in [0, 0.1) is 17.2 Å². The summed E-state index contributed by atoms with van der Waals surface area (Å²) in [5.74, 6) is 0.759. The molecule has 4 aliphatic heterocycles. The van der Waals surface area contributed by atoms with Crippen molar-refractivity contribution in [3.05, 3.63) is 103 Å². The molecule has 7 heterocycles. The van der Waals surface area contributed by atoms with Gasteiger partial charge in [-0.05, 0) is 120 Å². The lowest BCUT2D eigenvalue weighted by Crippen LogP contribution is -2.51. The van der Waals surface area contributed by atoms with Gasteiger partial charge >= 0.3 is 12.1 Å². The summed E-state index contributed by atoms with van der Waals surface area (Å²) in [5, 5.41) is 33.7. The highest BCUT2D eigenvalue weighted by Crippen LogP contribution is 2.40. The number of pyridine rings is 2. The van der Waals surface area contributed by atoms with Crippen molar-refractivity contribution in [3.63, 3.8) is 0 Å². The summed E-state index contributed by atoms with van der Waals surface area (Å²) in [6.45, 7) is 7.45. The monoisotopic (exact) mass is 997 g/mol. The second kappa shape index (κ2) is 20.1. The lowest BCUT2D eigenvalue weighted by atomic mass is 9.86. The van der Waals surface area contributed by atoms with Gasteiger partial charge in [-0.15, -0.1) is 10.2 Å². The SMILES string of the molecule is CC[C@@]1(O)C(=O)OCc2c1cc1n(c2=O)Cc2cc3c(CN(C)C)c(OC(=O)N4CCN(CC5CCN(c6ccc(C(=O)N[C@H]7CC[C@H](N(C)c8ccc(C#N)c(Cl)c8)CC7)nn6)CC5)CC4)ccc3nc2-1. The van der Waals surface area contributed by atoms with Crippen LogP contribution in [-0.4, -0.2) is 137 Å². The predicted molar refractivity (Wildman–Crippen MR) is 271 cm³/mol. The van der Waals surface area contributed by atoms with Gasteiger partial charge in [0, 0.05) is 99.3 Å². The molecule has 376 valence electrons. The molecule has 2 saturated heterocycles. The molecule has 0 unspecified atom stereocenters. The molecule has 3 fully saturated rings. The molecule has 72 heavy (non-hydrogen) atoms. The van der Waals surface area contributed by atoms with Gasteiger partial charge in [0.1, 0.15) is 18.4 Å². The molecule has 0 radical (unpaired) electrons. The summed E-state index contributed by atoms with van der Waals surface area (Å²) in [7, 11) is 5.95. The van der Waals surface area contributed by atoms with Crippen molar-refractivity contribution in [3.8, 4) is 23.2 Å². The lowest BCUT2D eigenvalue weighted by molar-refractivity contribution is -0.172. The van der Waals surface area contributed by atoms with Gasteiger partial charge in [0.15, 0.2) is 17.1 Å². The van der Waals surface area contributed by atoms with E-state index in [1.54, 1.807) is 40.7 Å². The molecular formula is C53H60ClN11O7. The summed E-state index contributed by atoms with van der Waals surface area (Å²) >= 11 is 6.29. The molecule has 1 aliphatic carbocycles. The maximum Gasteiger partial charge on any atom is 0.415 e. The van der Waals surface area contributed by atoms with Crippen LogP contribution in [0.1, 0.15) is 90.2 Å². The fourth-order valence-corrected chi connectivity index (χ4v) is 11.4. The van der Waals surface area contributed by atoms with Gasteiger partial charge in [0.2, 0.25) is 0 Å². The minimum absolute atomic E-state index is 0.0600. The number of aromatic nitrogens is 4. The Labute approximate surface area is 423 Å². The number of carbonyl (C=O) groups is 3.